The average molecular weight is 273 g/mol. The van der Waals surface area contributed by atoms with Crippen LogP contribution in [0.5, 0.6) is 0 Å². The molecule has 0 aliphatic carbocycles. The van der Waals surface area contributed by atoms with Gasteiger partial charge in [-0.25, -0.2) is 23.0 Å². The van der Waals surface area contributed by atoms with Crippen molar-refractivity contribution in [2.75, 3.05) is 6.61 Å². The van der Waals surface area contributed by atoms with Gasteiger partial charge in [0.2, 0.25) is 0 Å². The Morgan fingerprint density at radius 2 is 2.00 bits per heavy atom. The van der Waals surface area contributed by atoms with Crippen LogP contribution < -0.4 is 0 Å². The maximum atomic E-state index is 13.1. The average Bonchev–Trinajstić information content (AvgIpc) is 2.84. The number of rotatable bonds is 3. The zero-order valence-corrected chi connectivity index (χ0v) is 9.90. The highest BCUT2D eigenvalue weighted by Gasteiger charge is 2.36. The molecule has 0 amide bonds. The Morgan fingerprint density at radius 1 is 1.37 bits per heavy atom. The molecule has 1 aliphatic heterocycles. The van der Waals surface area contributed by atoms with Crippen LogP contribution in [-0.4, -0.2) is 25.0 Å². The molecule has 0 bridgehead atoms. The van der Waals surface area contributed by atoms with Crippen molar-refractivity contribution in [3.63, 3.8) is 0 Å². The molecule has 1 aliphatic rings. The van der Waals surface area contributed by atoms with Crippen LogP contribution >= 0.6 is 0 Å². The third-order valence-electron chi connectivity index (χ3n) is 2.58. The van der Waals surface area contributed by atoms with Gasteiger partial charge in [-0.15, -0.1) is 0 Å². The van der Waals surface area contributed by atoms with Gasteiger partial charge in [-0.1, -0.05) is 0 Å². The van der Waals surface area contributed by atoms with Crippen molar-refractivity contribution in [3.8, 4) is 0 Å². The minimum absolute atomic E-state index is 0.0213. The molecule has 2 rings (SSSR count). The molecule has 2 atom stereocenters. The van der Waals surface area contributed by atoms with Crippen LogP contribution in [0.3, 0.4) is 0 Å². The first kappa shape index (κ1) is 13.4. The Bertz CT molecular complexity index is 510. The molecule has 1 aromatic carbocycles. The molecule has 4 nitrogen and oxygen atoms in total. The van der Waals surface area contributed by atoms with Crippen LogP contribution in [0.25, 0.3) is 0 Å². The van der Waals surface area contributed by atoms with Crippen molar-refractivity contribution < 1.29 is 27.4 Å². The van der Waals surface area contributed by atoms with Gasteiger partial charge in [-0.05, 0) is 19.1 Å². The molecule has 0 aromatic heterocycles. The number of ether oxygens (including phenoxy) is 2. The lowest BCUT2D eigenvalue weighted by atomic mass is 10.0. The lowest BCUT2D eigenvalue weighted by Crippen LogP contribution is -2.26. The zero-order chi connectivity index (χ0) is 14.0. The van der Waals surface area contributed by atoms with E-state index in [2.05, 4.69) is 4.99 Å². The number of esters is 1. The number of carbonyl (C=O) groups excluding carboxylic acids is 1. The van der Waals surface area contributed by atoms with Crippen molar-refractivity contribution >= 4 is 12.4 Å². The largest absolute Gasteiger partial charge is 0.473 e. The van der Waals surface area contributed by atoms with E-state index < -0.39 is 35.6 Å². The number of aliphatic imine (C=N–C) groups is 1. The van der Waals surface area contributed by atoms with Crippen LogP contribution in [0.1, 0.15) is 18.6 Å². The monoisotopic (exact) mass is 273 g/mol. The predicted molar refractivity (Wildman–Crippen MR) is 59.1 cm³/mol. The molecule has 0 radical (unpaired) electrons. The lowest BCUT2D eigenvalue weighted by Gasteiger charge is -2.16. The van der Waals surface area contributed by atoms with Gasteiger partial charge in [-0.3, -0.25) is 0 Å². The summed E-state index contributed by atoms with van der Waals surface area (Å²) in [5.41, 5.74) is -0.0213. The predicted octanol–water partition coefficient (Wildman–Crippen LogP) is 2.14. The quantitative estimate of drug-likeness (QED) is 0.626. The van der Waals surface area contributed by atoms with Crippen molar-refractivity contribution in [3.05, 3.63) is 35.1 Å². The molecular formula is C12H10F3NO3. The minimum Gasteiger partial charge on any atom is -0.473 e. The van der Waals surface area contributed by atoms with E-state index in [1.165, 1.54) is 0 Å². The topological polar surface area (TPSA) is 47.9 Å². The first-order chi connectivity index (χ1) is 9.04. The summed E-state index contributed by atoms with van der Waals surface area (Å²) in [5.74, 6) is -4.96. The SMILES string of the molecule is CCOC(=O)C1N=COC1c1cc(F)c(F)c(F)c1. The van der Waals surface area contributed by atoms with E-state index in [1.807, 2.05) is 0 Å². The maximum absolute atomic E-state index is 13.1. The molecule has 0 saturated carbocycles. The zero-order valence-electron chi connectivity index (χ0n) is 9.90. The van der Waals surface area contributed by atoms with E-state index in [0.29, 0.717) is 0 Å². The van der Waals surface area contributed by atoms with Crippen LogP contribution in [0.4, 0.5) is 13.2 Å². The first-order valence-electron chi connectivity index (χ1n) is 5.52. The molecule has 0 N–H and O–H groups in total. The number of nitrogens with zero attached hydrogens (tertiary/aromatic N) is 1. The van der Waals surface area contributed by atoms with Gasteiger partial charge in [0.25, 0.3) is 0 Å². The fraction of sp³-hybridized carbons (Fsp3) is 0.333. The molecule has 2 unspecified atom stereocenters. The van der Waals surface area contributed by atoms with Crippen molar-refractivity contribution in [1.82, 2.24) is 0 Å². The Balaban J connectivity index is 2.29. The fourth-order valence-electron chi connectivity index (χ4n) is 1.73. The van der Waals surface area contributed by atoms with Gasteiger partial charge < -0.3 is 9.47 Å². The second-order valence-corrected chi connectivity index (χ2v) is 3.81. The van der Waals surface area contributed by atoms with Gasteiger partial charge in [-0.2, -0.15) is 0 Å². The summed E-state index contributed by atoms with van der Waals surface area (Å²) in [5, 5.41) is 0. The van der Waals surface area contributed by atoms with E-state index in [9.17, 15) is 18.0 Å². The Labute approximate surface area is 106 Å². The van der Waals surface area contributed by atoms with E-state index >= 15 is 0 Å². The summed E-state index contributed by atoms with van der Waals surface area (Å²) in [6.45, 7) is 1.76. The molecule has 0 fully saturated rings. The molecule has 19 heavy (non-hydrogen) atoms. The highest BCUT2D eigenvalue weighted by molar-refractivity contribution is 5.80. The van der Waals surface area contributed by atoms with Crippen LogP contribution in [0, 0.1) is 17.5 Å². The van der Waals surface area contributed by atoms with Gasteiger partial charge >= 0.3 is 5.97 Å². The first-order valence-corrected chi connectivity index (χ1v) is 5.52. The fourth-order valence-corrected chi connectivity index (χ4v) is 1.73. The van der Waals surface area contributed by atoms with Crippen molar-refractivity contribution in [2.45, 2.75) is 19.1 Å². The Kier molecular flexibility index (Phi) is 3.73. The second kappa shape index (κ2) is 5.29. The molecular weight excluding hydrogens is 263 g/mol. The summed E-state index contributed by atoms with van der Waals surface area (Å²) in [4.78, 5) is 15.3. The molecule has 102 valence electrons. The van der Waals surface area contributed by atoms with Gasteiger partial charge in [0, 0.05) is 5.56 Å². The highest BCUT2D eigenvalue weighted by atomic mass is 19.2. The molecule has 1 heterocycles. The summed E-state index contributed by atoms with van der Waals surface area (Å²) < 4.78 is 48.9. The third kappa shape index (κ3) is 2.54. The van der Waals surface area contributed by atoms with Crippen LogP contribution in [-0.2, 0) is 14.3 Å². The highest BCUT2D eigenvalue weighted by Crippen LogP contribution is 2.29. The number of carbonyl (C=O) groups is 1. The Hall–Kier alpha value is -2.05. The number of hydrogen-bond acceptors (Lipinski definition) is 4. The summed E-state index contributed by atoms with van der Waals surface area (Å²) in [6, 6.07) is 0.484. The van der Waals surface area contributed by atoms with E-state index in [-0.39, 0.29) is 12.2 Å². The minimum atomic E-state index is -1.57. The van der Waals surface area contributed by atoms with Crippen molar-refractivity contribution in [1.29, 1.82) is 0 Å². The van der Waals surface area contributed by atoms with Crippen molar-refractivity contribution in [2.24, 2.45) is 4.99 Å². The molecule has 1 aromatic rings. The third-order valence-corrected chi connectivity index (χ3v) is 2.58. The number of benzene rings is 1. The van der Waals surface area contributed by atoms with E-state index in [4.69, 9.17) is 9.47 Å². The standard InChI is InChI=1S/C12H10F3NO3/c1-2-18-12(17)10-11(19-5-16-10)6-3-7(13)9(15)8(14)4-6/h3-5,10-11H,2H2,1H3. The molecule has 0 spiro atoms. The summed E-state index contributed by atoms with van der Waals surface area (Å²) >= 11 is 0. The normalized spacial score (nSPS) is 21.3. The maximum Gasteiger partial charge on any atom is 0.335 e. The molecule has 7 heteroatoms. The van der Waals surface area contributed by atoms with Crippen LogP contribution in [0.2, 0.25) is 0 Å². The summed E-state index contributed by atoms with van der Waals surface area (Å²) in [6.07, 6.45) is -0.0190. The Morgan fingerprint density at radius 3 is 2.58 bits per heavy atom. The van der Waals surface area contributed by atoms with E-state index in [1.54, 1.807) is 6.92 Å². The molecule has 0 saturated heterocycles. The van der Waals surface area contributed by atoms with Gasteiger partial charge in [0.1, 0.15) is 0 Å². The van der Waals surface area contributed by atoms with Gasteiger partial charge in [0.05, 0.1) is 6.61 Å². The number of hydrogen-bond donors (Lipinski definition) is 0. The smallest absolute Gasteiger partial charge is 0.335 e. The van der Waals surface area contributed by atoms with Gasteiger partial charge in [0.15, 0.2) is 36.0 Å². The van der Waals surface area contributed by atoms with E-state index in [0.717, 1.165) is 18.5 Å². The lowest BCUT2D eigenvalue weighted by molar-refractivity contribution is -0.146. The second-order valence-electron chi connectivity index (χ2n) is 3.81. The van der Waals surface area contributed by atoms with Crippen LogP contribution in [0.15, 0.2) is 17.1 Å². The summed E-state index contributed by atoms with van der Waals surface area (Å²) in [7, 11) is 0. The number of halogens is 3.